The van der Waals surface area contributed by atoms with Gasteiger partial charge < -0.3 is 10.1 Å². The molecule has 1 saturated heterocycles. The molecule has 1 N–H and O–H groups in total. The van der Waals surface area contributed by atoms with E-state index in [1.807, 2.05) is 60.7 Å². The number of benzene rings is 2. The van der Waals surface area contributed by atoms with Gasteiger partial charge in [0.15, 0.2) is 6.10 Å². The molecular formula is C20H17ClN2O2. The molecule has 126 valence electrons. The van der Waals surface area contributed by atoms with Crippen LogP contribution in [0, 0.1) is 0 Å². The number of nitrogens with zero attached hydrogens (tertiary/aromatic N) is 1. The molecule has 0 aliphatic carbocycles. The third kappa shape index (κ3) is 3.98. The summed E-state index contributed by atoms with van der Waals surface area (Å²) in [7, 11) is 0. The summed E-state index contributed by atoms with van der Waals surface area (Å²) >= 11 is 6.25. The molecule has 0 saturated carbocycles. The molecule has 2 atom stereocenters. The van der Waals surface area contributed by atoms with Crippen LogP contribution in [0.15, 0.2) is 77.9 Å². The van der Waals surface area contributed by atoms with Crippen LogP contribution in [0.5, 0.6) is 0 Å². The van der Waals surface area contributed by atoms with Crippen LogP contribution >= 0.6 is 11.6 Å². The molecule has 2 aromatic carbocycles. The molecule has 1 aliphatic heterocycles. The quantitative estimate of drug-likeness (QED) is 0.621. The number of alkyl carbamates (subject to hydrolysis) is 1. The van der Waals surface area contributed by atoms with Crippen molar-refractivity contribution in [3.8, 4) is 0 Å². The topological polar surface area (TPSA) is 50.7 Å². The van der Waals surface area contributed by atoms with Crippen molar-refractivity contribution in [3.05, 3.63) is 89.1 Å². The number of nitrogens with one attached hydrogen (secondary N) is 1. The molecule has 1 heterocycles. The normalized spacial score (nSPS) is 20.4. The Labute approximate surface area is 151 Å². The largest absolute Gasteiger partial charge is 0.439 e. The Bertz CT molecular complexity index is 831. The number of ether oxygens (including phenoxy) is 1. The number of hydrogen-bond acceptors (Lipinski definition) is 3. The zero-order chi connectivity index (χ0) is 17.6. The van der Waals surface area contributed by atoms with Crippen LogP contribution in [-0.2, 0) is 4.74 Å². The van der Waals surface area contributed by atoms with Gasteiger partial charge in [-0.3, -0.25) is 4.99 Å². The van der Waals surface area contributed by atoms with E-state index >= 15 is 0 Å². The van der Waals surface area contributed by atoms with E-state index in [2.05, 4.69) is 17.0 Å². The fourth-order valence-corrected chi connectivity index (χ4v) is 2.94. The third-order valence-electron chi connectivity index (χ3n) is 3.88. The Hall–Kier alpha value is -2.85. The maximum atomic E-state index is 11.7. The van der Waals surface area contributed by atoms with Crippen LogP contribution in [0.1, 0.15) is 17.2 Å². The number of rotatable bonds is 5. The highest BCUT2D eigenvalue weighted by Crippen LogP contribution is 2.32. The summed E-state index contributed by atoms with van der Waals surface area (Å²) < 4.78 is 5.40. The summed E-state index contributed by atoms with van der Waals surface area (Å²) in [4.78, 5) is 15.6. The van der Waals surface area contributed by atoms with E-state index in [1.165, 1.54) is 0 Å². The van der Waals surface area contributed by atoms with Crippen molar-refractivity contribution in [2.24, 2.45) is 4.99 Å². The number of hydrogen-bond donors (Lipinski definition) is 1. The van der Waals surface area contributed by atoms with Gasteiger partial charge in [-0.1, -0.05) is 72.3 Å². The van der Waals surface area contributed by atoms with E-state index in [4.69, 9.17) is 16.3 Å². The fraction of sp³-hybridized carbons (Fsp3) is 0.100. The predicted octanol–water partition coefficient (Wildman–Crippen LogP) is 4.79. The zero-order valence-electron chi connectivity index (χ0n) is 13.4. The van der Waals surface area contributed by atoms with Gasteiger partial charge in [0.2, 0.25) is 0 Å². The number of carbonyl (C=O) groups is 1. The molecule has 1 fully saturated rings. The average Bonchev–Trinajstić information content (AvgIpc) is 3.00. The van der Waals surface area contributed by atoms with Gasteiger partial charge in [-0.15, -0.1) is 0 Å². The molecule has 3 rings (SSSR count). The lowest BCUT2D eigenvalue weighted by atomic mass is 10.0. The Balaban J connectivity index is 1.88. The van der Waals surface area contributed by atoms with Crippen molar-refractivity contribution in [1.29, 1.82) is 0 Å². The van der Waals surface area contributed by atoms with Crippen molar-refractivity contribution >= 4 is 30.0 Å². The second kappa shape index (κ2) is 7.81. The molecular weight excluding hydrogens is 336 g/mol. The number of carbonyl (C=O) groups excluding carboxylic acids is 1. The second-order valence-electron chi connectivity index (χ2n) is 5.51. The van der Waals surface area contributed by atoms with Crippen LogP contribution in [0.2, 0.25) is 5.02 Å². The summed E-state index contributed by atoms with van der Waals surface area (Å²) in [6, 6.07) is 16.8. The molecule has 1 aliphatic rings. The maximum absolute atomic E-state index is 11.7. The van der Waals surface area contributed by atoms with Crippen molar-refractivity contribution in [2.75, 3.05) is 0 Å². The highest BCUT2D eigenvalue weighted by atomic mass is 35.5. The minimum atomic E-state index is -0.480. The summed E-state index contributed by atoms with van der Waals surface area (Å²) in [5.74, 6) is 0. The molecule has 0 radical (unpaired) electrons. The SMILES string of the molecule is C=N/C=C(\C=C\[C@H]1NC(=O)O[C@@H]1c1ccccc1Cl)c1ccccc1. The van der Waals surface area contributed by atoms with Gasteiger partial charge in [-0.05, 0) is 23.9 Å². The summed E-state index contributed by atoms with van der Waals surface area (Å²) in [6.45, 7) is 3.52. The van der Waals surface area contributed by atoms with E-state index < -0.39 is 12.2 Å². The van der Waals surface area contributed by atoms with Gasteiger partial charge in [-0.25, -0.2) is 4.79 Å². The molecule has 0 aromatic heterocycles. The van der Waals surface area contributed by atoms with Gasteiger partial charge in [0.05, 0.1) is 6.04 Å². The molecule has 0 bridgehead atoms. The number of allylic oxidation sites excluding steroid dienone is 2. The molecule has 0 unspecified atom stereocenters. The number of halogens is 1. The van der Waals surface area contributed by atoms with E-state index in [0.29, 0.717) is 5.02 Å². The van der Waals surface area contributed by atoms with E-state index in [-0.39, 0.29) is 6.04 Å². The smallest absolute Gasteiger partial charge is 0.408 e. The number of aliphatic imine (C=N–C) groups is 1. The molecule has 25 heavy (non-hydrogen) atoms. The van der Waals surface area contributed by atoms with Crippen molar-refractivity contribution in [3.63, 3.8) is 0 Å². The van der Waals surface area contributed by atoms with Crippen LogP contribution in [0.3, 0.4) is 0 Å². The van der Waals surface area contributed by atoms with Gasteiger partial charge in [-0.2, -0.15) is 0 Å². The van der Waals surface area contributed by atoms with Crippen LogP contribution in [0.4, 0.5) is 4.79 Å². The van der Waals surface area contributed by atoms with E-state index in [0.717, 1.165) is 16.7 Å². The first kappa shape index (κ1) is 17.0. The Morgan fingerprint density at radius 1 is 1.16 bits per heavy atom. The first-order valence-corrected chi connectivity index (χ1v) is 8.18. The Morgan fingerprint density at radius 2 is 1.88 bits per heavy atom. The monoisotopic (exact) mass is 352 g/mol. The number of cyclic esters (lactones) is 1. The first-order chi connectivity index (χ1) is 12.2. The fourth-order valence-electron chi connectivity index (χ4n) is 2.70. The molecule has 5 heteroatoms. The number of amides is 1. The Morgan fingerprint density at radius 3 is 2.60 bits per heavy atom. The van der Waals surface area contributed by atoms with Gasteiger partial charge in [0.25, 0.3) is 0 Å². The van der Waals surface area contributed by atoms with Crippen LogP contribution < -0.4 is 5.32 Å². The maximum Gasteiger partial charge on any atom is 0.408 e. The molecule has 2 aromatic rings. The zero-order valence-corrected chi connectivity index (χ0v) is 14.2. The summed E-state index contributed by atoms with van der Waals surface area (Å²) in [5.41, 5.74) is 2.66. The summed E-state index contributed by atoms with van der Waals surface area (Å²) in [5, 5.41) is 3.36. The molecule has 1 amide bonds. The highest BCUT2D eigenvalue weighted by Gasteiger charge is 2.34. The average molecular weight is 353 g/mol. The lowest BCUT2D eigenvalue weighted by molar-refractivity contribution is 0.136. The first-order valence-electron chi connectivity index (χ1n) is 7.80. The lowest BCUT2D eigenvalue weighted by Gasteiger charge is -2.15. The van der Waals surface area contributed by atoms with Crippen molar-refractivity contribution in [1.82, 2.24) is 5.32 Å². The van der Waals surface area contributed by atoms with Crippen LogP contribution in [0.25, 0.3) is 5.57 Å². The second-order valence-corrected chi connectivity index (χ2v) is 5.92. The summed E-state index contributed by atoms with van der Waals surface area (Å²) in [6.07, 6.45) is 4.50. The minimum Gasteiger partial charge on any atom is -0.439 e. The van der Waals surface area contributed by atoms with Crippen molar-refractivity contribution in [2.45, 2.75) is 12.1 Å². The van der Waals surface area contributed by atoms with Crippen molar-refractivity contribution < 1.29 is 9.53 Å². The molecule has 0 spiro atoms. The van der Waals surface area contributed by atoms with Gasteiger partial charge >= 0.3 is 6.09 Å². The van der Waals surface area contributed by atoms with Gasteiger partial charge in [0, 0.05) is 16.8 Å². The molecule has 4 nitrogen and oxygen atoms in total. The third-order valence-corrected chi connectivity index (χ3v) is 4.22. The standard InChI is InChI=1S/C20H17ClN2O2/c1-22-13-15(14-7-3-2-4-8-14)11-12-18-19(25-20(24)23-18)16-9-5-6-10-17(16)21/h2-13,18-19H,1H2,(H,23,24)/b12-11+,15-13+/t18-,19-/m1/s1. The lowest BCUT2D eigenvalue weighted by Crippen LogP contribution is -2.25. The van der Waals surface area contributed by atoms with E-state index in [9.17, 15) is 4.79 Å². The van der Waals surface area contributed by atoms with E-state index in [1.54, 1.807) is 12.3 Å². The predicted molar refractivity (Wildman–Crippen MR) is 101 cm³/mol. The highest BCUT2D eigenvalue weighted by molar-refractivity contribution is 6.31. The Kier molecular flexibility index (Phi) is 5.31. The van der Waals surface area contributed by atoms with Gasteiger partial charge in [0.1, 0.15) is 0 Å². The minimum absolute atomic E-state index is 0.329. The van der Waals surface area contributed by atoms with Crippen LogP contribution in [-0.4, -0.2) is 18.9 Å².